The van der Waals surface area contributed by atoms with Crippen LogP contribution in [-0.2, 0) is 9.59 Å². The zero-order chi connectivity index (χ0) is 18.2. The number of carbonyl (C=O) groups excluding carboxylic acids is 2. The molecule has 0 saturated heterocycles. The summed E-state index contributed by atoms with van der Waals surface area (Å²) >= 11 is 5.79. The van der Waals surface area contributed by atoms with Crippen LogP contribution in [0.3, 0.4) is 0 Å². The minimum Gasteiger partial charge on any atom is -0.326 e. The number of anilines is 1. The smallest absolute Gasteiger partial charge is 0.224 e. The molecule has 1 N–H and O–H groups in total. The fourth-order valence-electron chi connectivity index (χ4n) is 2.42. The lowest BCUT2D eigenvalue weighted by atomic mass is 9.92. The van der Waals surface area contributed by atoms with Crippen molar-refractivity contribution in [3.05, 3.63) is 64.7 Å². The number of nitrogens with zero attached hydrogens (tertiary/aromatic N) is 1. The molecule has 2 aromatic rings. The van der Waals surface area contributed by atoms with Gasteiger partial charge in [0, 0.05) is 23.6 Å². The number of halogens is 1. The number of aryl methyl sites for hydroxylation is 1. The van der Waals surface area contributed by atoms with E-state index in [-0.39, 0.29) is 24.5 Å². The largest absolute Gasteiger partial charge is 0.326 e. The molecule has 128 valence electrons. The predicted molar refractivity (Wildman–Crippen MR) is 98.5 cm³/mol. The molecule has 2 aromatic carbocycles. The first-order valence-electron chi connectivity index (χ1n) is 8.04. The van der Waals surface area contributed by atoms with E-state index < -0.39 is 5.92 Å². The van der Waals surface area contributed by atoms with Gasteiger partial charge in [-0.3, -0.25) is 9.59 Å². The first-order valence-corrected chi connectivity index (χ1v) is 8.41. The van der Waals surface area contributed by atoms with Crippen molar-refractivity contribution in [1.82, 2.24) is 0 Å². The number of Topliss-reactive ketones (excluding diaryl/α,β-unsaturated/α-hetero) is 1. The Bertz CT molecular complexity index is 777. The van der Waals surface area contributed by atoms with Crippen molar-refractivity contribution in [1.29, 1.82) is 5.26 Å². The van der Waals surface area contributed by atoms with Gasteiger partial charge < -0.3 is 5.32 Å². The van der Waals surface area contributed by atoms with Crippen LogP contribution in [0.4, 0.5) is 5.69 Å². The fourth-order valence-corrected chi connectivity index (χ4v) is 2.54. The summed E-state index contributed by atoms with van der Waals surface area (Å²) in [5, 5.41) is 12.6. The van der Waals surface area contributed by atoms with Crippen molar-refractivity contribution in [2.75, 3.05) is 5.32 Å². The molecule has 0 aromatic heterocycles. The summed E-state index contributed by atoms with van der Waals surface area (Å²) in [7, 11) is 0. The van der Waals surface area contributed by atoms with E-state index in [2.05, 4.69) is 11.4 Å². The second kappa shape index (κ2) is 9.00. The van der Waals surface area contributed by atoms with E-state index in [0.29, 0.717) is 22.7 Å². The maximum Gasteiger partial charge on any atom is 0.224 e. The van der Waals surface area contributed by atoms with Gasteiger partial charge >= 0.3 is 0 Å². The maximum atomic E-state index is 12.3. The molecule has 0 heterocycles. The molecule has 2 rings (SSSR count). The van der Waals surface area contributed by atoms with E-state index in [9.17, 15) is 14.9 Å². The molecule has 0 saturated carbocycles. The number of amides is 1. The summed E-state index contributed by atoms with van der Waals surface area (Å²) in [5.41, 5.74) is 2.44. The fraction of sp³-hybridized carbons (Fsp3) is 0.250. The number of rotatable bonds is 7. The molecule has 4 nitrogen and oxygen atoms in total. The summed E-state index contributed by atoms with van der Waals surface area (Å²) in [5.74, 6) is -1.11. The first-order chi connectivity index (χ1) is 12.0. The lowest BCUT2D eigenvalue weighted by Gasteiger charge is -2.09. The summed E-state index contributed by atoms with van der Waals surface area (Å²) in [6.45, 7) is 1.95. The van der Waals surface area contributed by atoms with Crippen molar-refractivity contribution in [3.63, 3.8) is 0 Å². The van der Waals surface area contributed by atoms with Gasteiger partial charge in [0.1, 0.15) is 5.92 Å². The number of hydrogen-bond donors (Lipinski definition) is 1. The van der Waals surface area contributed by atoms with Gasteiger partial charge in [-0.2, -0.15) is 5.26 Å². The third kappa shape index (κ3) is 5.74. The molecular formula is C20H19ClN2O2. The van der Waals surface area contributed by atoms with Crippen molar-refractivity contribution >= 4 is 29.0 Å². The van der Waals surface area contributed by atoms with Crippen LogP contribution < -0.4 is 5.32 Å². The van der Waals surface area contributed by atoms with Crippen molar-refractivity contribution in [3.8, 4) is 6.07 Å². The molecule has 0 fully saturated rings. The standard InChI is InChI=1S/C20H19ClN2O2/c1-14-5-7-15(8-6-14)18(13-22)19(24)3-2-4-20(25)23-17-11-9-16(21)10-12-17/h5-12,18H,2-4H2,1H3,(H,23,25)/t18-/m1/s1. The molecule has 5 heteroatoms. The van der Waals surface area contributed by atoms with Crippen LogP contribution in [0.5, 0.6) is 0 Å². The molecule has 0 aliphatic heterocycles. The molecule has 0 unspecified atom stereocenters. The van der Waals surface area contributed by atoms with Crippen LogP contribution >= 0.6 is 11.6 Å². The van der Waals surface area contributed by atoms with Crippen LogP contribution in [0.1, 0.15) is 36.3 Å². The molecule has 0 spiro atoms. The molecule has 0 radical (unpaired) electrons. The Labute approximate surface area is 152 Å². The Balaban J connectivity index is 1.82. The maximum absolute atomic E-state index is 12.3. The number of hydrogen-bond acceptors (Lipinski definition) is 3. The lowest BCUT2D eigenvalue weighted by Crippen LogP contribution is -2.14. The molecule has 1 amide bonds. The Morgan fingerprint density at radius 3 is 2.32 bits per heavy atom. The molecule has 1 atom stereocenters. The highest BCUT2D eigenvalue weighted by Crippen LogP contribution is 2.20. The summed E-state index contributed by atoms with van der Waals surface area (Å²) in [4.78, 5) is 24.2. The average molecular weight is 355 g/mol. The first kappa shape index (κ1) is 18.7. The predicted octanol–water partition coefficient (Wildman–Crippen LogP) is 4.63. The van der Waals surface area contributed by atoms with Crippen LogP contribution in [0, 0.1) is 18.3 Å². The number of nitriles is 1. The van der Waals surface area contributed by atoms with E-state index in [4.69, 9.17) is 11.6 Å². The highest BCUT2D eigenvalue weighted by atomic mass is 35.5. The highest BCUT2D eigenvalue weighted by molar-refractivity contribution is 6.30. The number of nitrogens with one attached hydrogen (secondary N) is 1. The quantitative estimate of drug-likeness (QED) is 0.787. The van der Waals surface area contributed by atoms with E-state index in [1.807, 2.05) is 19.1 Å². The normalized spacial score (nSPS) is 11.4. The van der Waals surface area contributed by atoms with Gasteiger partial charge in [-0.15, -0.1) is 0 Å². The van der Waals surface area contributed by atoms with E-state index >= 15 is 0 Å². The SMILES string of the molecule is Cc1ccc([C@@H](C#N)C(=O)CCCC(=O)Nc2ccc(Cl)cc2)cc1. The van der Waals surface area contributed by atoms with Gasteiger partial charge in [0.25, 0.3) is 0 Å². The molecule has 0 aliphatic rings. The minimum absolute atomic E-state index is 0.161. The third-order valence-corrected chi connectivity index (χ3v) is 4.07. The lowest BCUT2D eigenvalue weighted by molar-refractivity contribution is -0.119. The Kier molecular flexibility index (Phi) is 6.73. The number of ketones is 1. The summed E-state index contributed by atoms with van der Waals surface area (Å²) in [6.07, 6.45) is 0.822. The summed E-state index contributed by atoms with van der Waals surface area (Å²) < 4.78 is 0. The van der Waals surface area contributed by atoms with Crippen LogP contribution in [-0.4, -0.2) is 11.7 Å². The number of benzene rings is 2. The molecular weight excluding hydrogens is 336 g/mol. The van der Waals surface area contributed by atoms with Gasteiger partial charge in [0.2, 0.25) is 5.91 Å². The van der Waals surface area contributed by atoms with Gasteiger partial charge in [-0.05, 0) is 43.2 Å². The Morgan fingerprint density at radius 2 is 1.72 bits per heavy atom. The van der Waals surface area contributed by atoms with Gasteiger partial charge in [0.15, 0.2) is 5.78 Å². The Hall–Kier alpha value is -2.64. The van der Waals surface area contributed by atoms with Crippen molar-refractivity contribution < 1.29 is 9.59 Å². The van der Waals surface area contributed by atoms with Gasteiger partial charge in [0.05, 0.1) is 6.07 Å². The Morgan fingerprint density at radius 1 is 1.08 bits per heavy atom. The monoisotopic (exact) mass is 354 g/mol. The zero-order valence-corrected chi connectivity index (χ0v) is 14.7. The second-order valence-electron chi connectivity index (χ2n) is 5.85. The highest BCUT2D eigenvalue weighted by Gasteiger charge is 2.19. The topological polar surface area (TPSA) is 70.0 Å². The van der Waals surface area contributed by atoms with Crippen LogP contribution in [0.2, 0.25) is 5.02 Å². The van der Waals surface area contributed by atoms with E-state index in [0.717, 1.165) is 5.56 Å². The summed E-state index contributed by atoms with van der Waals surface area (Å²) in [6, 6.07) is 16.2. The van der Waals surface area contributed by atoms with Crippen LogP contribution in [0.25, 0.3) is 0 Å². The van der Waals surface area contributed by atoms with Crippen molar-refractivity contribution in [2.24, 2.45) is 0 Å². The van der Waals surface area contributed by atoms with E-state index in [1.165, 1.54) is 0 Å². The second-order valence-corrected chi connectivity index (χ2v) is 6.28. The van der Waals surface area contributed by atoms with Gasteiger partial charge in [-0.1, -0.05) is 41.4 Å². The van der Waals surface area contributed by atoms with E-state index in [1.54, 1.807) is 36.4 Å². The molecule has 0 bridgehead atoms. The molecule has 25 heavy (non-hydrogen) atoms. The minimum atomic E-state index is -0.778. The van der Waals surface area contributed by atoms with Crippen LogP contribution in [0.15, 0.2) is 48.5 Å². The third-order valence-electron chi connectivity index (χ3n) is 3.82. The van der Waals surface area contributed by atoms with Gasteiger partial charge in [-0.25, -0.2) is 0 Å². The van der Waals surface area contributed by atoms with Crippen molar-refractivity contribution in [2.45, 2.75) is 32.1 Å². The molecule has 0 aliphatic carbocycles. The number of carbonyl (C=O) groups is 2. The zero-order valence-electron chi connectivity index (χ0n) is 14.0. The average Bonchev–Trinajstić information content (AvgIpc) is 2.59.